The minimum Gasteiger partial charge on any atom is -0.384 e. The van der Waals surface area contributed by atoms with Crippen molar-refractivity contribution in [1.29, 1.82) is 5.41 Å². The third-order valence-corrected chi connectivity index (χ3v) is 3.06. The predicted molar refractivity (Wildman–Crippen MR) is 82.2 cm³/mol. The first-order valence-corrected chi connectivity index (χ1v) is 6.60. The van der Waals surface area contributed by atoms with Crippen LogP contribution < -0.4 is 11.1 Å². The molecule has 2 aromatic rings. The molecule has 0 fully saturated rings. The van der Waals surface area contributed by atoms with Crippen LogP contribution in [0.3, 0.4) is 0 Å². The van der Waals surface area contributed by atoms with E-state index in [1.807, 2.05) is 26.0 Å². The van der Waals surface area contributed by atoms with Crippen molar-refractivity contribution in [3.8, 4) is 0 Å². The van der Waals surface area contributed by atoms with Gasteiger partial charge in [0.2, 0.25) is 0 Å². The molecule has 0 aliphatic rings. The van der Waals surface area contributed by atoms with Crippen LogP contribution in [0.1, 0.15) is 16.7 Å². The van der Waals surface area contributed by atoms with E-state index in [0.717, 1.165) is 10.2 Å². The molecule has 1 aromatic heterocycles. The monoisotopic (exact) mass is 318 g/mol. The van der Waals surface area contributed by atoms with E-state index in [1.54, 1.807) is 12.3 Å². The maximum Gasteiger partial charge on any atom is 0.141 e. The molecule has 1 heterocycles. The van der Waals surface area contributed by atoms with E-state index < -0.39 is 0 Å². The Morgan fingerprint density at radius 1 is 1.21 bits per heavy atom. The van der Waals surface area contributed by atoms with Crippen LogP contribution in [0.5, 0.6) is 0 Å². The average molecular weight is 319 g/mol. The summed E-state index contributed by atoms with van der Waals surface area (Å²) in [6.45, 7) is 4.08. The Labute approximate surface area is 120 Å². The van der Waals surface area contributed by atoms with Crippen molar-refractivity contribution in [2.75, 3.05) is 5.32 Å². The van der Waals surface area contributed by atoms with Gasteiger partial charge in [0.1, 0.15) is 11.7 Å². The summed E-state index contributed by atoms with van der Waals surface area (Å²) < 4.78 is 0.795. The van der Waals surface area contributed by atoms with Gasteiger partial charge in [-0.05, 0) is 59.1 Å². The molecule has 2 rings (SSSR count). The molecule has 5 heteroatoms. The van der Waals surface area contributed by atoms with Gasteiger partial charge in [-0.15, -0.1) is 0 Å². The molecule has 0 spiro atoms. The second kappa shape index (κ2) is 5.40. The summed E-state index contributed by atoms with van der Waals surface area (Å²) in [5.74, 6) is 0.571. The number of halogens is 1. The van der Waals surface area contributed by atoms with Crippen molar-refractivity contribution in [2.24, 2.45) is 5.73 Å². The first-order chi connectivity index (χ1) is 8.95. The highest BCUT2D eigenvalue weighted by molar-refractivity contribution is 9.10. The smallest absolute Gasteiger partial charge is 0.141 e. The number of rotatable bonds is 3. The molecular weight excluding hydrogens is 304 g/mol. The minimum atomic E-state index is -0.0133. The summed E-state index contributed by atoms with van der Waals surface area (Å²) in [5.41, 5.74) is 9.44. The number of aryl methyl sites for hydroxylation is 2. The lowest BCUT2D eigenvalue weighted by Crippen LogP contribution is -2.14. The van der Waals surface area contributed by atoms with E-state index in [0.29, 0.717) is 11.4 Å². The Hall–Kier alpha value is -1.88. The molecule has 0 amide bonds. The first-order valence-electron chi connectivity index (χ1n) is 5.81. The van der Waals surface area contributed by atoms with E-state index in [1.165, 1.54) is 11.1 Å². The number of benzene rings is 1. The highest BCUT2D eigenvalue weighted by Crippen LogP contribution is 2.23. The van der Waals surface area contributed by atoms with E-state index in [-0.39, 0.29) is 5.84 Å². The molecule has 0 radical (unpaired) electrons. The average Bonchev–Trinajstić information content (AvgIpc) is 2.30. The largest absolute Gasteiger partial charge is 0.384 e. The van der Waals surface area contributed by atoms with Crippen molar-refractivity contribution in [3.05, 3.63) is 51.6 Å². The fourth-order valence-corrected chi connectivity index (χ4v) is 2.26. The molecule has 1 aromatic carbocycles. The van der Waals surface area contributed by atoms with Gasteiger partial charge in [0.15, 0.2) is 0 Å². The summed E-state index contributed by atoms with van der Waals surface area (Å²) in [7, 11) is 0. The third kappa shape index (κ3) is 3.32. The fraction of sp³-hybridized carbons (Fsp3) is 0.143. The molecule has 4 nitrogen and oxygen atoms in total. The highest BCUT2D eigenvalue weighted by atomic mass is 79.9. The molecule has 0 aliphatic carbocycles. The zero-order valence-electron chi connectivity index (χ0n) is 10.8. The van der Waals surface area contributed by atoms with Crippen molar-refractivity contribution in [1.82, 2.24) is 4.98 Å². The molecular formula is C14H15BrN4. The number of aromatic nitrogens is 1. The Kier molecular flexibility index (Phi) is 3.85. The number of nitrogen functional groups attached to an aromatic ring is 1. The van der Waals surface area contributed by atoms with Gasteiger partial charge in [-0.1, -0.05) is 6.07 Å². The van der Waals surface area contributed by atoms with Crippen LogP contribution in [0.4, 0.5) is 11.5 Å². The van der Waals surface area contributed by atoms with Crippen LogP contribution >= 0.6 is 15.9 Å². The van der Waals surface area contributed by atoms with E-state index in [2.05, 4.69) is 32.3 Å². The van der Waals surface area contributed by atoms with E-state index >= 15 is 0 Å². The van der Waals surface area contributed by atoms with Crippen molar-refractivity contribution >= 4 is 33.3 Å². The Balaban J connectivity index is 2.40. The maximum atomic E-state index is 7.60. The van der Waals surface area contributed by atoms with Crippen LogP contribution in [0.25, 0.3) is 0 Å². The number of nitrogens with zero attached hydrogens (tertiary/aromatic N) is 1. The molecule has 19 heavy (non-hydrogen) atoms. The van der Waals surface area contributed by atoms with Gasteiger partial charge in [0, 0.05) is 16.4 Å². The lowest BCUT2D eigenvalue weighted by atomic mass is 10.1. The van der Waals surface area contributed by atoms with Crippen molar-refractivity contribution < 1.29 is 0 Å². The molecule has 0 bridgehead atoms. The highest BCUT2D eigenvalue weighted by Gasteiger charge is 2.08. The minimum absolute atomic E-state index is 0.0133. The number of hydrogen-bond donors (Lipinski definition) is 3. The predicted octanol–water partition coefficient (Wildman–Crippen LogP) is 3.49. The Bertz CT molecular complexity index is 617. The molecule has 0 saturated carbocycles. The van der Waals surface area contributed by atoms with Gasteiger partial charge in [0.05, 0.1) is 5.56 Å². The SMILES string of the molecule is Cc1cc(C)cc(Nc2ncc(Br)cc2C(=N)N)c1. The standard InChI is InChI=1S/C14H15BrN4/c1-8-3-9(2)5-11(4-8)19-14-12(13(16)17)6-10(15)7-18-14/h3-7H,1-2H3,(H3,16,17)(H,18,19). The lowest BCUT2D eigenvalue weighted by Gasteiger charge is -2.11. The van der Waals surface area contributed by atoms with Crippen molar-refractivity contribution in [3.63, 3.8) is 0 Å². The quantitative estimate of drug-likeness (QED) is 0.599. The van der Waals surface area contributed by atoms with Gasteiger partial charge >= 0.3 is 0 Å². The van der Waals surface area contributed by atoms with Gasteiger partial charge in [-0.25, -0.2) is 4.98 Å². The van der Waals surface area contributed by atoms with Crippen LogP contribution in [-0.2, 0) is 0 Å². The molecule has 4 N–H and O–H groups in total. The number of nitrogens with two attached hydrogens (primary N) is 1. The van der Waals surface area contributed by atoms with Crippen LogP contribution in [-0.4, -0.2) is 10.8 Å². The molecule has 0 aliphatic heterocycles. The Morgan fingerprint density at radius 2 is 1.84 bits per heavy atom. The zero-order valence-corrected chi connectivity index (χ0v) is 12.4. The first kappa shape index (κ1) is 13.5. The van der Waals surface area contributed by atoms with Gasteiger partial charge in [0.25, 0.3) is 0 Å². The Morgan fingerprint density at radius 3 is 2.42 bits per heavy atom. The molecule has 0 saturated heterocycles. The van der Waals surface area contributed by atoms with Crippen LogP contribution in [0.15, 0.2) is 34.9 Å². The number of nitrogens with one attached hydrogen (secondary N) is 2. The number of anilines is 2. The summed E-state index contributed by atoms with van der Waals surface area (Å²) in [6.07, 6.45) is 1.68. The summed E-state index contributed by atoms with van der Waals surface area (Å²) in [5, 5.41) is 10.8. The van der Waals surface area contributed by atoms with Crippen molar-refractivity contribution in [2.45, 2.75) is 13.8 Å². The van der Waals surface area contributed by atoms with Gasteiger partial charge < -0.3 is 11.1 Å². The normalized spacial score (nSPS) is 10.3. The molecule has 0 unspecified atom stereocenters. The molecule has 0 atom stereocenters. The second-order valence-corrected chi connectivity index (χ2v) is 5.38. The number of amidine groups is 1. The summed E-state index contributed by atoms with van der Waals surface area (Å²) >= 11 is 3.33. The zero-order chi connectivity index (χ0) is 14.0. The van der Waals surface area contributed by atoms with Crippen LogP contribution in [0, 0.1) is 19.3 Å². The summed E-state index contributed by atoms with van der Waals surface area (Å²) in [6, 6.07) is 7.94. The second-order valence-electron chi connectivity index (χ2n) is 4.46. The van der Waals surface area contributed by atoms with Crippen LogP contribution in [0.2, 0.25) is 0 Å². The number of pyridine rings is 1. The van der Waals surface area contributed by atoms with E-state index in [4.69, 9.17) is 11.1 Å². The topological polar surface area (TPSA) is 74.8 Å². The van der Waals surface area contributed by atoms with Gasteiger partial charge in [-0.2, -0.15) is 0 Å². The third-order valence-electron chi connectivity index (χ3n) is 2.63. The lowest BCUT2D eigenvalue weighted by molar-refractivity contribution is 1.26. The van der Waals surface area contributed by atoms with Gasteiger partial charge in [-0.3, -0.25) is 5.41 Å². The van der Waals surface area contributed by atoms with E-state index in [9.17, 15) is 0 Å². The number of hydrogen-bond acceptors (Lipinski definition) is 3. The maximum absolute atomic E-state index is 7.60. The summed E-state index contributed by atoms with van der Waals surface area (Å²) in [4.78, 5) is 4.28. The molecule has 98 valence electrons. The fourth-order valence-electron chi connectivity index (χ4n) is 1.93.